The Labute approximate surface area is 188 Å². The van der Waals surface area contributed by atoms with E-state index in [0.717, 1.165) is 12.8 Å². The standard InChI is InChI=1S/C32H22/c1-3-12-25-23(8-1)19-31-27(14-6-16-29(25)31)21-10-5-11-22(18-21)28-15-7-17-30-26-13-4-2-9-24(26)20-32(28)30/h1-18H,19-20H2. The summed E-state index contributed by atoms with van der Waals surface area (Å²) in [6.45, 7) is 0. The summed E-state index contributed by atoms with van der Waals surface area (Å²) in [7, 11) is 0. The van der Waals surface area contributed by atoms with Crippen LogP contribution in [0.25, 0.3) is 44.5 Å². The van der Waals surface area contributed by atoms with Crippen molar-refractivity contribution in [1.29, 1.82) is 0 Å². The van der Waals surface area contributed by atoms with Gasteiger partial charge in [-0.25, -0.2) is 0 Å². The maximum Gasteiger partial charge on any atom is -0.000729 e. The van der Waals surface area contributed by atoms with Gasteiger partial charge in [-0.2, -0.15) is 0 Å². The summed E-state index contributed by atoms with van der Waals surface area (Å²) < 4.78 is 0. The summed E-state index contributed by atoms with van der Waals surface area (Å²) in [6, 6.07) is 40.3. The van der Waals surface area contributed by atoms with Gasteiger partial charge in [-0.05, 0) is 85.7 Å². The lowest BCUT2D eigenvalue weighted by atomic mass is 9.91. The van der Waals surface area contributed by atoms with Gasteiger partial charge >= 0.3 is 0 Å². The van der Waals surface area contributed by atoms with E-state index >= 15 is 0 Å². The second-order valence-electron chi connectivity index (χ2n) is 8.91. The van der Waals surface area contributed by atoms with Crippen LogP contribution in [0.4, 0.5) is 0 Å². The van der Waals surface area contributed by atoms with E-state index in [1.165, 1.54) is 66.8 Å². The Morgan fingerprint density at radius 2 is 0.750 bits per heavy atom. The zero-order valence-corrected chi connectivity index (χ0v) is 17.8. The Morgan fingerprint density at radius 3 is 1.28 bits per heavy atom. The first-order valence-corrected chi connectivity index (χ1v) is 11.4. The van der Waals surface area contributed by atoms with Crippen LogP contribution in [-0.2, 0) is 12.8 Å². The van der Waals surface area contributed by atoms with Crippen LogP contribution in [0.2, 0.25) is 0 Å². The van der Waals surface area contributed by atoms with Crippen LogP contribution < -0.4 is 0 Å². The zero-order valence-electron chi connectivity index (χ0n) is 17.8. The minimum atomic E-state index is 1.02. The first kappa shape index (κ1) is 17.7. The number of hydrogen-bond donors (Lipinski definition) is 0. The lowest BCUT2D eigenvalue weighted by molar-refractivity contribution is 1.26. The molecule has 0 heterocycles. The van der Waals surface area contributed by atoms with Gasteiger partial charge in [-0.15, -0.1) is 0 Å². The van der Waals surface area contributed by atoms with Crippen LogP contribution in [0.1, 0.15) is 22.3 Å². The van der Waals surface area contributed by atoms with Crippen LogP contribution in [-0.4, -0.2) is 0 Å². The van der Waals surface area contributed by atoms with E-state index in [-0.39, 0.29) is 0 Å². The Balaban J connectivity index is 1.35. The molecule has 0 atom stereocenters. The van der Waals surface area contributed by atoms with Crippen molar-refractivity contribution in [3.8, 4) is 44.5 Å². The highest BCUT2D eigenvalue weighted by atomic mass is 14.3. The van der Waals surface area contributed by atoms with Gasteiger partial charge in [0.15, 0.2) is 0 Å². The first-order valence-electron chi connectivity index (χ1n) is 11.4. The van der Waals surface area contributed by atoms with Gasteiger partial charge in [0.2, 0.25) is 0 Å². The maximum absolute atomic E-state index is 2.39. The first-order chi connectivity index (χ1) is 15.9. The average Bonchev–Trinajstić information content (AvgIpc) is 3.42. The second kappa shape index (κ2) is 6.80. The molecule has 0 nitrogen and oxygen atoms in total. The van der Waals surface area contributed by atoms with Gasteiger partial charge in [-0.3, -0.25) is 0 Å². The van der Waals surface area contributed by atoms with Crippen LogP contribution >= 0.6 is 0 Å². The molecule has 0 spiro atoms. The van der Waals surface area contributed by atoms with E-state index in [2.05, 4.69) is 109 Å². The van der Waals surface area contributed by atoms with Gasteiger partial charge in [-0.1, -0.05) is 103 Å². The predicted octanol–water partition coefficient (Wildman–Crippen LogP) is 8.16. The molecule has 0 aromatic heterocycles. The van der Waals surface area contributed by atoms with Crippen LogP contribution in [0.15, 0.2) is 109 Å². The van der Waals surface area contributed by atoms with Crippen molar-refractivity contribution in [2.24, 2.45) is 0 Å². The molecular weight excluding hydrogens is 384 g/mol. The molecule has 0 bridgehead atoms. The molecule has 2 aliphatic rings. The highest BCUT2D eigenvalue weighted by molar-refractivity contribution is 5.88. The van der Waals surface area contributed by atoms with Gasteiger partial charge in [0.25, 0.3) is 0 Å². The predicted molar refractivity (Wildman–Crippen MR) is 134 cm³/mol. The van der Waals surface area contributed by atoms with Crippen LogP contribution in [0.5, 0.6) is 0 Å². The third-order valence-corrected chi connectivity index (χ3v) is 7.19. The third kappa shape index (κ3) is 2.56. The molecule has 0 amide bonds. The topological polar surface area (TPSA) is 0 Å². The molecule has 0 saturated carbocycles. The fourth-order valence-electron chi connectivity index (χ4n) is 5.71. The Kier molecular flexibility index (Phi) is 3.77. The zero-order chi connectivity index (χ0) is 21.1. The van der Waals surface area contributed by atoms with E-state index in [0.29, 0.717) is 0 Å². The average molecular weight is 407 g/mol. The largest absolute Gasteiger partial charge is 0.0619 e. The molecule has 5 aromatic rings. The highest BCUT2D eigenvalue weighted by Crippen LogP contribution is 2.44. The van der Waals surface area contributed by atoms with Crippen molar-refractivity contribution in [1.82, 2.24) is 0 Å². The van der Waals surface area contributed by atoms with Crippen molar-refractivity contribution in [3.63, 3.8) is 0 Å². The summed E-state index contributed by atoms with van der Waals surface area (Å²) in [4.78, 5) is 0. The minimum Gasteiger partial charge on any atom is -0.0619 e. The number of benzene rings is 5. The molecule has 5 aromatic carbocycles. The van der Waals surface area contributed by atoms with Crippen molar-refractivity contribution in [2.45, 2.75) is 12.8 Å². The molecule has 0 saturated heterocycles. The Hall–Kier alpha value is -3.90. The molecule has 2 aliphatic carbocycles. The molecule has 0 N–H and O–H groups in total. The van der Waals surface area contributed by atoms with Crippen LogP contribution in [0, 0.1) is 0 Å². The Bertz CT molecular complexity index is 1410. The van der Waals surface area contributed by atoms with Gasteiger partial charge in [0, 0.05) is 0 Å². The molecule has 0 radical (unpaired) electrons. The summed E-state index contributed by atoms with van der Waals surface area (Å²) in [5.41, 5.74) is 16.7. The SMILES string of the molecule is c1cc(-c2cccc3c2Cc2ccccc2-3)cc(-c2cccc3c2Cc2ccccc2-3)c1. The summed E-state index contributed by atoms with van der Waals surface area (Å²) in [6.07, 6.45) is 2.03. The van der Waals surface area contributed by atoms with Gasteiger partial charge in [0.1, 0.15) is 0 Å². The second-order valence-corrected chi connectivity index (χ2v) is 8.91. The Morgan fingerprint density at radius 1 is 0.344 bits per heavy atom. The van der Waals surface area contributed by atoms with E-state index in [4.69, 9.17) is 0 Å². The molecule has 150 valence electrons. The molecule has 0 heteroatoms. The van der Waals surface area contributed by atoms with Crippen LogP contribution in [0.3, 0.4) is 0 Å². The number of hydrogen-bond acceptors (Lipinski definition) is 0. The minimum absolute atomic E-state index is 1.02. The van der Waals surface area contributed by atoms with Crippen molar-refractivity contribution in [2.75, 3.05) is 0 Å². The van der Waals surface area contributed by atoms with E-state index in [9.17, 15) is 0 Å². The summed E-state index contributed by atoms with van der Waals surface area (Å²) in [5, 5.41) is 0. The maximum atomic E-state index is 2.39. The third-order valence-electron chi connectivity index (χ3n) is 7.19. The molecule has 0 unspecified atom stereocenters. The quantitative estimate of drug-likeness (QED) is 0.272. The fraction of sp³-hybridized carbons (Fsp3) is 0.0625. The van der Waals surface area contributed by atoms with Gasteiger partial charge < -0.3 is 0 Å². The van der Waals surface area contributed by atoms with E-state index in [1.807, 2.05) is 0 Å². The number of rotatable bonds is 2. The normalized spacial score (nSPS) is 12.8. The van der Waals surface area contributed by atoms with Gasteiger partial charge in [0.05, 0.1) is 0 Å². The van der Waals surface area contributed by atoms with Crippen molar-refractivity contribution < 1.29 is 0 Å². The number of fused-ring (bicyclic) bond motifs is 6. The molecule has 0 aliphatic heterocycles. The monoisotopic (exact) mass is 406 g/mol. The lowest BCUT2D eigenvalue weighted by Crippen LogP contribution is -1.91. The smallest absolute Gasteiger partial charge is 0.000729 e. The summed E-state index contributed by atoms with van der Waals surface area (Å²) >= 11 is 0. The molecular formula is C32H22. The van der Waals surface area contributed by atoms with Crippen molar-refractivity contribution in [3.05, 3.63) is 131 Å². The van der Waals surface area contributed by atoms with Crippen molar-refractivity contribution >= 4 is 0 Å². The van der Waals surface area contributed by atoms with E-state index in [1.54, 1.807) is 0 Å². The van der Waals surface area contributed by atoms with E-state index < -0.39 is 0 Å². The summed E-state index contributed by atoms with van der Waals surface area (Å²) in [5.74, 6) is 0. The molecule has 7 rings (SSSR count). The lowest BCUT2D eigenvalue weighted by Gasteiger charge is -2.13. The molecule has 0 fully saturated rings. The molecule has 32 heavy (non-hydrogen) atoms. The fourth-order valence-corrected chi connectivity index (χ4v) is 5.71. The highest BCUT2D eigenvalue weighted by Gasteiger charge is 2.23.